The number of hydrogen-bond donors (Lipinski definition) is 1. The summed E-state index contributed by atoms with van der Waals surface area (Å²) in [4.78, 5) is 0. The molecule has 22 heavy (non-hydrogen) atoms. The van der Waals surface area contributed by atoms with Crippen molar-refractivity contribution in [3.8, 4) is 5.40 Å². The van der Waals surface area contributed by atoms with E-state index in [1.54, 1.807) is 0 Å². The van der Waals surface area contributed by atoms with Gasteiger partial charge in [-0.3, -0.25) is 0 Å². The highest BCUT2D eigenvalue weighted by molar-refractivity contribution is 8.04. The SMILES string of the molecule is CC(C)(N)c1ccccc1.CC(C)(SC#N)c1ccccc1. The van der Waals surface area contributed by atoms with Gasteiger partial charge in [-0.2, -0.15) is 5.26 Å². The Balaban J connectivity index is 0.000000224. The Morgan fingerprint density at radius 2 is 1.23 bits per heavy atom. The second-order valence-corrected chi connectivity index (χ2v) is 7.56. The van der Waals surface area contributed by atoms with Gasteiger partial charge in [0.25, 0.3) is 0 Å². The molecule has 2 rings (SSSR count). The fourth-order valence-electron chi connectivity index (χ4n) is 1.88. The van der Waals surface area contributed by atoms with Crippen molar-refractivity contribution in [2.75, 3.05) is 0 Å². The van der Waals surface area contributed by atoms with Gasteiger partial charge in [-0.1, -0.05) is 60.7 Å². The van der Waals surface area contributed by atoms with Crippen LogP contribution in [0.2, 0.25) is 0 Å². The molecule has 2 aromatic rings. The van der Waals surface area contributed by atoms with Crippen molar-refractivity contribution in [1.29, 1.82) is 5.26 Å². The van der Waals surface area contributed by atoms with Gasteiger partial charge in [0, 0.05) is 10.3 Å². The van der Waals surface area contributed by atoms with E-state index in [1.165, 1.54) is 22.9 Å². The molecule has 0 aromatic heterocycles. The molecule has 0 atom stereocenters. The van der Waals surface area contributed by atoms with Crippen molar-refractivity contribution >= 4 is 11.8 Å². The normalized spacial score (nSPS) is 11.1. The van der Waals surface area contributed by atoms with Gasteiger partial charge in [0.15, 0.2) is 0 Å². The minimum absolute atomic E-state index is 0.101. The minimum atomic E-state index is -0.207. The molecule has 0 unspecified atom stereocenters. The van der Waals surface area contributed by atoms with Crippen LogP contribution in [0.15, 0.2) is 60.7 Å². The zero-order valence-corrected chi connectivity index (χ0v) is 14.5. The van der Waals surface area contributed by atoms with Gasteiger partial charge in [-0.25, -0.2) is 0 Å². The summed E-state index contributed by atoms with van der Waals surface area (Å²) in [5.74, 6) is 0. The van der Waals surface area contributed by atoms with E-state index in [4.69, 9.17) is 11.0 Å². The average Bonchev–Trinajstić information content (AvgIpc) is 2.49. The van der Waals surface area contributed by atoms with Crippen LogP contribution in [0.4, 0.5) is 0 Å². The van der Waals surface area contributed by atoms with E-state index >= 15 is 0 Å². The van der Waals surface area contributed by atoms with Gasteiger partial charge in [0.1, 0.15) is 5.40 Å². The van der Waals surface area contributed by atoms with Crippen LogP contribution in [0, 0.1) is 10.7 Å². The van der Waals surface area contributed by atoms with Crippen molar-refractivity contribution in [1.82, 2.24) is 0 Å². The van der Waals surface area contributed by atoms with E-state index in [0.717, 1.165) is 0 Å². The van der Waals surface area contributed by atoms with E-state index in [0.29, 0.717) is 0 Å². The predicted octanol–water partition coefficient (Wildman–Crippen LogP) is 5.02. The molecule has 0 aliphatic rings. The maximum Gasteiger partial charge on any atom is 0.134 e. The molecule has 0 amide bonds. The monoisotopic (exact) mass is 312 g/mol. The first kappa shape index (κ1) is 18.3. The van der Waals surface area contributed by atoms with Crippen LogP contribution in [0.3, 0.4) is 0 Å². The highest BCUT2D eigenvalue weighted by atomic mass is 32.2. The van der Waals surface area contributed by atoms with Crippen molar-refractivity contribution in [2.24, 2.45) is 5.73 Å². The number of nitriles is 1. The van der Waals surface area contributed by atoms with Crippen LogP contribution in [0.5, 0.6) is 0 Å². The summed E-state index contributed by atoms with van der Waals surface area (Å²) in [5, 5.41) is 10.7. The van der Waals surface area contributed by atoms with E-state index in [-0.39, 0.29) is 10.3 Å². The summed E-state index contributed by atoms with van der Waals surface area (Å²) in [6.07, 6.45) is 0. The van der Waals surface area contributed by atoms with Crippen LogP contribution < -0.4 is 5.73 Å². The first-order valence-corrected chi connectivity index (χ1v) is 8.06. The van der Waals surface area contributed by atoms with Crippen LogP contribution in [0.25, 0.3) is 0 Å². The molecule has 0 bridgehead atoms. The molecule has 0 fully saturated rings. The molecule has 0 spiro atoms. The summed E-state index contributed by atoms with van der Waals surface area (Å²) in [6.45, 7) is 8.11. The molecular weight excluding hydrogens is 288 g/mol. The smallest absolute Gasteiger partial charge is 0.134 e. The number of nitrogens with zero attached hydrogens (tertiary/aromatic N) is 1. The fraction of sp³-hybridized carbons (Fsp3) is 0.316. The third-order valence-electron chi connectivity index (χ3n) is 3.29. The number of nitrogens with two attached hydrogens (primary N) is 1. The molecule has 0 radical (unpaired) electrons. The maximum absolute atomic E-state index is 8.58. The number of thioether (sulfide) groups is 1. The zero-order valence-electron chi connectivity index (χ0n) is 13.7. The van der Waals surface area contributed by atoms with Crippen molar-refractivity contribution in [3.63, 3.8) is 0 Å². The van der Waals surface area contributed by atoms with Crippen LogP contribution in [-0.4, -0.2) is 0 Å². The van der Waals surface area contributed by atoms with Crippen molar-refractivity contribution in [2.45, 2.75) is 38.0 Å². The predicted molar refractivity (Wildman–Crippen MR) is 96.3 cm³/mol. The molecule has 0 saturated carbocycles. The van der Waals surface area contributed by atoms with E-state index in [9.17, 15) is 0 Å². The van der Waals surface area contributed by atoms with Gasteiger partial charge < -0.3 is 5.73 Å². The largest absolute Gasteiger partial charge is 0.322 e. The van der Waals surface area contributed by atoms with Crippen LogP contribution >= 0.6 is 11.8 Å². The Morgan fingerprint density at radius 3 is 1.55 bits per heavy atom. The summed E-state index contributed by atoms with van der Waals surface area (Å²) in [6, 6.07) is 20.2. The first-order chi connectivity index (χ1) is 10.3. The Hall–Kier alpha value is -1.76. The van der Waals surface area contributed by atoms with Crippen molar-refractivity contribution in [3.05, 3.63) is 71.8 Å². The highest BCUT2D eigenvalue weighted by Gasteiger charge is 2.20. The number of thiocyanates is 1. The van der Waals surface area contributed by atoms with E-state index < -0.39 is 0 Å². The molecule has 2 aromatic carbocycles. The molecular formula is C19H24N2S. The second kappa shape index (κ2) is 8.03. The fourth-order valence-corrected chi connectivity index (χ4v) is 2.36. The van der Waals surface area contributed by atoms with Crippen LogP contribution in [0.1, 0.15) is 38.8 Å². The molecule has 2 N–H and O–H groups in total. The minimum Gasteiger partial charge on any atom is -0.322 e. The molecule has 0 aliphatic carbocycles. The lowest BCUT2D eigenvalue weighted by atomic mass is 9.96. The van der Waals surface area contributed by atoms with Gasteiger partial charge in [-0.05, 0) is 50.6 Å². The Bertz CT molecular complexity index is 593. The third-order valence-corrected chi connectivity index (χ3v) is 4.12. The summed E-state index contributed by atoms with van der Waals surface area (Å²) in [5.41, 5.74) is 8.02. The third kappa shape index (κ3) is 5.93. The van der Waals surface area contributed by atoms with E-state index in [2.05, 4.69) is 19.2 Å². The lowest BCUT2D eigenvalue weighted by molar-refractivity contribution is 0.554. The molecule has 0 heterocycles. The molecule has 116 valence electrons. The zero-order chi connectivity index (χ0) is 16.6. The molecule has 0 saturated heterocycles. The van der Waals surface area contributed by atoms with Crippen LogP contribution in [-0.2, 0) is 10.3 Å². The number of rotatable bonds is 3. The number of hydrogen-bond acceptors (Lipinski definition) is 3. The van der Waals surface area contributed by atoms with Crippen molar-refractivity contribution < 1.29 is 0 Å². The van der Waals surface area contributed by atoms with E-state index in [1.807, 2.05) is 74.5 Å². The Morgan fingerprint density at radius 1 is 0.818 bits per heavy atom. The molecule has 0 aliphatic heterocycles. The highest BCUT2D eigenvalue weighted by Crippen LogP contribution is 2.34. The van der Waals surface area contributed by atoms with Gasteiger partial charge in [0.05, 0.1) is 0 Å². The van der Waals surface area contributed by atoms with Gasteiger partial charge in [-0.15, -0.1) is 0 Å². The summed E-state index contributed by atoms with van der Waals surface area (Å²) in [7, 11) is 0. The molecule has 3 heteroatoms. The average molecular weight is 312 g/mol. The summed E-state index contributed by atoms with van der Waals surface area (Å²) < 4.78 is -0.101. The molecule has 2 nitrogen and oxygen atoms in total. The Labute approximate surface area is 138 Å². The first-order valence-electron chi connectivity index (χ1n) is 7.24. The lowest BCUT2D eigenvalue weighted by Crippen LogP contribution is -2.28. The van der Waals surface area contributed by atoms with Gasteiger partial charge >= 0.3 is 0 Å². The lowest BCUT2D eigenvalue weighted by Gasteiger charge is -2.19. The quantitative estimate of drug-likeness (QED) is 0.810. The number of benzene rings is 2. The topological polar surface area (TPSA) is 49.8 Å². The summed E-state index contributed by atoms with van der Waals surface area (Å²) >= 11 is 1.29. The maximum atomic E-state index is 8.58. The van der Waals surface area contributed by atoms with Gasteiger partial charge in [0.2, 0.25) is 0 Å². The second-order valence-electron chi connectivity index (χ2n) is 6.16. The standard InChI is InChI=1S/C10H11NS.C9H13N/c1-10(2,12-8-11)9-6-4-3-5-7-9;1-9(2,10)8-6-4-3-5-7-8/h3-7H,1-2H3;3-7H,10H2,1-2H3. The Kier molecular flexibility index (Phi) is 6.67.